The summed E-state index contributed by atoms with van der Waals surface area (Å²) in [5.41, 5.74) is 1.07. The van der Waals surface area contributed by atoms with Crippen LogP contribution in [0.25, 0.3) is 0 Å². The van der Waals surface area contributed by atoms with E-state index >= 15 is 0 Å². The van der Waals surface area contributed by atoms with Crippen molar-refractivity contribution in [3.8, 4) is 0 Å². The van der Waals surface area contributed by atoms with Crippen molar-refractivity contribution >= 4 is 11.8 Å². The molecule has 2 unspecified atom stereocenters. The van der Waals surface area contributed by atoms with Crippen LogP contribution < -0.4 is 5.32 Å². The van der Waals surface area contributed by atoms with E-state index in [1.807, 2.05) is 44.2 Å². The van der Waals surface area contributed by atoms with Gasteiger partial charge in [0.05, 0.1) is 0 Å². The van der Waals surface area contributed by atoms with Crippen LogP contribution in [0.4, 0.5) is 0 Å². The van der Waals surface area contributed by atoms with Crippen molar-refractivity contribution in [3.05, 3.63) is 35.9 Å². The molecule has 4 nitrogen and oxygen atoms in total. The second-order valence-electron chi connectivity index (χ2n) is 5.28. The van der Waals surface area contributed by atoms with Crippen LogP contribution in [-0.4, -0.2) is 34.8 Å². The largest absolute Gasteiger partial charge is 0.343 e. The normalized spacial score (nSPS) is 23.7. The number of benzene rings is 1. The molecular weight excluding hydrogens is 240 g/mol. The minimum atomic E-state index is -0.429. The molecule has 2 amide bonds. The number of nitrogens with zero attached hydrogens (tertiary/aromatic N) is 1. The Hall–Kier alpha value is -1.84. The highest BCUT2D eigenvalue weighted by atomic mass is 16.2. The molecule has 1 aliphatic heterocycles. The Kier molecular flexibility index (Phi) is 3.88. The minimum Gasteiger partial charge on any atom is -0.343 e. The lowest BCUT2D eigenvalue weighted by atomic mass is 9.98. The van der Waals surface area contributed by atoms with Crippen LogP contribution in [-0.2, 0) is 16.0 Å². The molecule has 0 saturated carbocycles. The highest BCUT2D eigenvalue weighted by Gasteiger charge is 2.39. The average molecular weight is 260 g/mol. The van der Waals surface area contributed by atoms with Crippen LogP contribution in [0.5, 0.6) is 0 Å². The van der Waals surface area contributed by atoms with E-state index in [2.05, 4.69) is 5.32 Å². The third-order valence-electron chi connectivity index (χ3n) is 3.45. The molecule has 4 heteroatoms. The zero-order valence-electron chi connectivity index (χ0n) is 11.6. The molecule has 1 N–H and O–H groups in total. The van der Waals surface area contributed by atoms with Crippen molar-refractivity contribution in [1.82, 2.24) is 10.2 Å². The Morgan fingerprint density at radius 1 is 1.21 bits per heavy atom. The molecule has 1 aromatic carbocycles. The van der Waals surface area contributed by atoms with Gasteiger partial charge in [0, 0.05) is 12.5 Å². The lowest BCUT2D eigenvalue weighted by Gasteiger charge is -2.40. The number of nitrogens with one attached hydrogen (secondary N) is 1. The molecule has 1 fully saturated rings. The first-order valence-corrected chi connectivity index (χ1v) is 6.67. The summed E-state index contributed by atoms with van der Waals surface area (Å²) in [6, 6.07) is 8.98. The van der Waals surface area contributed by atoms with Gasteiger partial charge in [-0.1, -0.05) is 30.3 Å². The van der Waals surface area contributed by atoms with Gasteiger partial charge < -0.3 is 10.2 Å². The first-order chi connectivity index (χ1) is 9.00. The standard InChI is InChI=1S/C15H20N2O2/c1-10(2)17-13(9-12-7-5-4-6-8-12)14(18)16-11(3)15(17)19/h4-8,10-11,13H,9H2,1-3H3,(H,16,18). The minimum absolute atomic E-state index is 0.00414. The maximum absolute atomic E-state index is 12.2. The fourth-order valence-corrected chi connectivity index (χ4v) is 2.52. The fourth-order valence-electron chi connectivity index (χ4n) is 2.52. The highest BCUT2D eigenvalue weighted by molar-refractivity contribution is 5.97. The van der Waals surface area contributed by atoms with Crippen molar-refractivity contribution in [1.29, 1.82) is 0 Å². The Balaban J connectivity index is 2.25. The molecule has 19 heavy (non-hydrogen) atoms. The smallest absolute Gasteiger partial charge is 0.245 e. The molecule has 0 radical (unpaired) electrons. The van der Waals surface area contributed by atoms with E-state index in [9.17, 15) is 9.59 Å². The number of hydrogen-bond donors (Lipinski definition) is 1. The van der Waals surface area contributed by atoms with Gasteiger partial charge in [-0.3, -0.25) is 9.59 Å². The predicted octanol–water partition coefficient (Wildman–Crippen LogP) is 1.35. The van der Waals surface area contributed by atoms with Gasteiger partial charge in [-0.15, -0.1) is 0 Å². The van der Waals surface area contributed by atoms with Gasteiger partial charge in [-0.05, 0) is 26.3 Å². The summed E-state index contributed by atoms with van der Waals surface area (Å²) in [7, 11) is 0. The second kappa shape index (κ2) is 5.43. The molecule has 1 heterocycles. The van der Waals surface area contributed by atoms with E-state index in [-0.39, 0.29) is 17.9 Å². The van der Waals surface area contributed by atoms with Gasteiger partial charge in [0.1, 0.15) is 12.1 Å². The van der Waals surface area contributed by atoms with E-state index in [4.69, 9.17) is 0 Å². The SMILES string of the molecule is CC1NC(=O)C(Cc2ccccc2)N(C(C)C)C1=O. The van der Waals surface area contributed by atoms with Gasteiger partial charge in [-0.25, -0.2) is 0 Å². The Labute approximate surface area is 113 Å². The van der Waals surface area contributed by atoms with Crippen molar-refractivity contribution in [2.24, 2.45) is 0 Å². The van der Waals surface area contributed by atoms with Gasteiger partial charge in [-0.2, -0.15) is 0 Å². The third-order valence-corrected chi connectivity index (χ3v) is 3.45. The molecule has 102 valence electrons. The topological polar surface area (TPSA) is 49.4 Å². The van der Waals surface area contributed by atoms with Crippen LogP contribution in [0.3, 0.4) is 0 Å². The molecule has 1 saturated heterocycles. The fraction of sp³-hybridized carbons (Fsp3) is 0.467. The summed E-state index contributed by atoms with van der Waals surface area (Å²) in [5, 5.41) is 2.75. The summed E-state index contributed by atoms with van der Waals surface area (Å²) in [6.07, 6.45) is 0.559. The third kappa shape index (κ3) is 2.78. The maximum Gasteiger partial charge on any atom is 0.245 e. The molecule has 2 rings (SSSR count). The first-order valence-electron chi connectivity index (χ1n) is 6.67. The number of rotatable bonds is 3. The van der Waals surface area contributed by atoms with Crippen LogP contribution >= 0.6 is 0 Å². The van der Waals surface area contributed by atoms with Crippen LogP contribution in [0, 0.1) is 0 Å². The van der Waals surface area contributed by atoms with E-state index in [1.165, 1.54) is 0 Å². The summed E-state index contributed by atoms with van der Waals surface area (Å²) < 4.78 is 0. The van der Waals surface area contributed by atoms with Crippen LogP contribution in [0.2, 0.25) is 0 Å². The van der Waals surface area contributed by atoms with Crippen LogP contribution in [0.15, 0.2) is 30.3 Å². The predicted molar refractivity (Wildman–Crippen MR) is 73.5 cm³/mol. The molecule has 0 bridgehead atoms. The zero-order chi connectivity index (χ0) is 14.0. The number of piperazine rings is 1. The average Bonchev–Trinajstić information content (AvgIpc) is 2.37. The monoisotopic (exact) mass is 260 g/mol. The first kappa shape index (κ1) is 13.6. The lowest BCUT2D eigenvalue weighted by Crippen LogP contribution is -2.64. The number of hydrogen-bond acceptors (Lipinski definition) is 2. The number of carbonyl (C=O) groups excluding carboxylic acids is 2. The van der Waals surface area contributed by atoms with E-state index < -0.39 is 12.1 Å². The lowest BCUT2D eigenvalue weighted by molar-refractivity contribution is -0.150. The van der Waals surface area contributed by atoms with Crippen LogP contribution in [0.1, 0.15) is 26.3 Å². The van der Waals surface area contributed by atoms with Crippen molar-refractivity contribution in [3.63, 3.8) is 0 Å². The summed E-state index contributed by atoms with van der Waals surface area (Å²) in [5.74, 6) is -0.0693. The summed E-state index contributed by atoms with van der Waals surface area (Å²) in [4.78, 5) is 26.1. The molecule has 1 aliphatic rings. The Morgan fingerprint density at radius 3 is 2.42 bits per heavy atom. The van der Waals surface area contributed by atoms with E-state index in [0.29, 0.717) is 6.42 Å². The summed E-state index contributed by atoms with van der Waals surface area (Å²) in [6.45, 7) is 5.62. The van der Waals surface area contributed by atoms with Gasteiger partial charge in [0.15, 0.2) is 0 Å². The quantitative estimate of drug-likeness (QED) is 0.892. The molecule has 0 aliphatic carbocycles. The van der Waals surface area contributed by atoms with Gasteiger partial charge in [0.25, 0.3) is 0 Å². The van der Waals surface area contributed by atoms with Crippen molar-refractivity contribution in [2.45, 2.75) is 45.3 Å². The molecule has 0 aromatic heterocycles. The second-order valence-corrected chi connectivity index (χ2v) is 5.28. The Morgan fingerprint density at radius 2 is 1.84 bits per heavy atom. The van der Waals surface area contributed by atoms with Gasteiger partial charge in [0.2, 0.25) is 11.8 Å². The highest BCUT2D eigenvalue weighted by Crippen LogP contribution is 2.18. The molecule has 0 spiro atoms. The van der Waals surface area contributed by atoms with Crippen molar-refractivity contribution in [2.75, 3.05) is 0 Å². The van der Waals surface area contributed by atoms with E-state index in [0.717, 1.165) is 5.56 Å². The molecule has 2 atom stereocenters. The Bertz CT molecular complexity index is 470. The van der Waals surface area contributed by atoms with Gasteiger partial charge >= 0.3 is 0 Å². The molecule has 1 aromatic rings. The zero-order valence-corrected chi connectivity index (χ0v) is 11.6. The van der Waals surface area contributed by atoms with Crippen molar-refractivity contribution < 1.29 is 9.59 Å². The molecular formula is C15H20N2O2. The summed E-state index contributed by atoms with van der Waals surface area (Å²) >= 11 is 0. The number of carbonyl (C=O) groups is 2. The maximum atomic E-state index is 12.2. The number of amides is 2. The van der Waals surface area contributed by atoms with E-state index in [1.54, 1.807) is 11.8 Å².